The molecular weight excluding hydrogens is 212 g/mol. The number of hydrogen-bond acceptors (Lipinski definition) is 2. The third-order valence-corrected chi connectivity index (χ3v) is 3.24. The molecule has 0 fully saturated rings. The lowest BCUT2D eigenvalue weighted by atomic mass is 10.1. The molecule has 0 spiro atoms. The monoisotopic (exact) mass is 242 g/mol. The molecule has 0 bridgehead atoms. The van der Waals surface area contributed by atoms with Crippen LogP contribution in [0.3, 0.4) is 0 Å². The lowest BCUT2D eigenvalue weighted by Gasteiger charge is -2.19. The highest BCUT2D eigenvalue weighted by Crippen LogP contribution is 2.02. The zero-order chi connectivity index (χ0) is 13.3. The van der Waals surface area contributed by atoms with Gasteiger partial charge in [0.05, 0.1) is 6.54 Å². The average Bonchev–Trinajstić information content (AvgIpc) is 2.26. The summed E-state index contributed by atoms with van der Waals surface area (Å²) in [4.78, 5) is 11.6. The van der Waals surface area contributed by atoms with Crippen molar-refractivity contribution in [2.45, 2.75) is 72.4 Å². The number of rotatable bonds is 9. The second kappa shape index (κ2) is 9.46. The van der Waals surface area contributed by atoms with Crippen LogP contribution in [0.25, 0.3) is 0 Å². The molecule has 0 aliphatic carbocycles. The van der Waals surface area contributed by atoms with E-state index in [1.54, 1.807) is 0 Å². The molecule has 0 saturated carbocycles. The van der Waals surface area contributed by atoms with Gasteiger partial charge in [-0.15, -0.1) is 0 Å². The Balaban J connectivity index is 3.62. The summed E-state index contributed by atoms with van der Waals surface area (Å²) in [6.07, 6.45) is 4.93. The molecule has 0 rings (SSSR count). The molecule has 0 aromatic carbocycles. The summed E-state index contributed by atoms with van der Waals surface area (Å²) in [5.41, 5.74) is 0. The van der Waals surface area contributed by atoms with Gasteiger partial charge in [-0.25, -0.2) is 0 Å². The first-order valence-electron chi connectivity index (χ1n) is 7.00. The lowest BCUT2D eigenvalue weighted by Crippen LogP contribution is -2.43. The van der Waals surface area contributed by atoms with E-state index in [-0.39, 0.29) is 11.9 Å². The Bertz CT molecular complexity index is 204. The number of unbranched alkanes of at least 4 members (excludes halogenated alkanes) is 2. The van der Waals surface area contributed by atoms with E-state index in [1.165, 1.54) is 19.3 Å². The first kappa shape index (κ1) is 16.4. The van der Waals surface area contributed by atoms with Gasteiger partial charge in [0.2, 0.25) is 5.91 Å². The second-order valence-electron chi connectivity index (χ2n) is 5.38. The summed E-state index contributed by atoms with van der Waals surface area (Å²) in [5, 5.41) is 6.27. The van der Waals surface area contributed by atoms with E-state index in [4.69, 9.17) is 0 Å². The molecule has 0 radical (unpaired) electrons. The highest BCUT2D eigenvalue weighted by molar-refractivity contribution is 5.78. The summed E-state index contributed by atoms with van der Waals surface area (Å²) in [5.74, 6) is 0.592. The summed E-state index contributed by atoms with van der Waals surface area (Å²) in [6, 6.07) is 0.682. The lowest BCUT2D eigenvalue weighted by molar-refractivity contribution is -0.121. The molecule has 1 amide bonds. The molecule has 0 aromatic heterocycles. The second-order valence-corrected chi connectivity index (χ2v) is 5.38. The molecule has 2 N–H and O–H groups in total. The standard InChI is InChI=1S/C14H30N2O/c1-6-7-8-9-12(4)15-10-14(17)16-13(5)11(2)3/h11-13,15H,6-10H2,1-5H3,(H,16,17). The van der Waals surface area contributed by atoms with Crippen molar-refractivity contribution in [2.75, 3.05) is 6.54 Å². The van der Waals surface area contributed by atoms with E-state index >= 15 is 0 Å². The van der Waals surface area contributed by atoms with Crippen LogP contribution in [-0.4, -0.2) is 24.5 Å². The molecule has 3 nitrogen and oxygen atoms in total. The van der Waals surface area contributed by atoms with Gasteiger partial charge in [-0.1, -0.05) is 40.0 Å². The smallest absolute Gasteiger partial charge is 0.234 e. The van der Waals surface area contributed by atoms with Crippen LogP contribution in [0.2, 0.25) is 0 Å². The van der Waals surface area contributed by atoms with Crippen LogP contribution in [0.5, 0.6) is 0 Å². The average molecular weight is 242 g/mol. The zero-order valence-electron chi connectivity index (χ0n) is 12.2. The third-order valence-electron chi connectivity index (χ3n) is 3.24. The largest absolute Gasteiger partial charge is 0.352 e. The van der Waals surface area contributed by atoms with Crippen LogP contribution in [0.1, 0.15) is 60.3 Å². The van der Waals surface area contributed by atoms with Crippen molar-refractivity contribution in [1.29, 1.82) is 0 Å². The van der Waals surface area contributed by atoms with Crippen molar-refractivity contribution in [3.8, 4) is 0 Å². The van der Waals surface area contributed by atoms with Crippen molar-refractivity contribution >= 4 is 5.91 Å². The van der Waals surface area contributed by atoms with Gasteiger partial charge in [0, 0.05) is 12.1 Å². The molecule has 0 saturated heterocycles. The fraction of sp³-hybridized carbons (Fsp3) is 0.929. The summed E-state index contributed by atoms with van der Waals surface area (Å²) >= 11 is 0. The van der Waals surface area contributed by atoms with Gasteiger partial charge in [0.25, 0.3) is 0 Å². The molecule has 0 aliphatic rings. The topological polar surface area (TPSA) is 41.1 Å². The predicted octanol–water partition coefficient (Wildman–Crippen LogP) is 2.71. The molecule has 0 heterocycles. The summed E-state index contributed by atoms with van der Waals surface area (Å²) < 4.78 is 0. The Labute approximate surface area is 107 Å². The van der Waals surface area contributed by atoms with Crippen LogP contribution in [-0.2, 0) is 4.79 Å². The van der Waals surface area contributed by atoms with E-state index in [0.29, 0.717) is 18.5 Å². The van der Waals surface area contributed by atoms with Crippen molar-refractivity contribution in [2.24, 2.45) is 5.92 Å². The third kappa shape index (κ3) is 9.16. The van der Waals surface area contributed by atoms with Gasteiger partial charge in [-0.2, -0.15) is 0 Å². The fourth-order valence-electron chi connectivity index (χ4n) is 1.54. The number of nitrogens with one attached hydrogen (secondary N) is 2. The highest BCUT2D eigenvalue weighted by atomic mass is 16.1. The van der Waals surface area contributed by atoms with E-state index in [0.717, 1.165) is 6.42 Å². The van der Waals surface area contributed by atoms with Crippen LogP contribution < -0.4 is 10.6 Å². The molecule has 3 heteroatoms. The fourth-order valence-corrected chi connectivity index (χ4v) is 1.54. The molecule has 0 aromatic rings. The first-order valence-corrected chi connectivity index (χ1v) is 7.00. The molecule has 17 heavy (non-hydrogen) atoms. The first-order chi connectivity index (χ1) is 7.97. The van der Waals surface area contributed by atoms with Crippen LogP contribution in [0, 0.1) is 5.92 Å². The van der Waals surface area contributed by atoms with Gasteiger partial charge in [0.1, 0.15) is 0 Å². The SMILES string of the molecule is CCCCCC(C)NCC(=O)NC(C)C(C)C. The minimum Gasteiger partial charge on any atom is -0.352 e. The van der Waals surface area contributed by atoms with E-state index in [1.807, 2.05) is 6.92 Å². The molecule has 102 valence electrons. The van der Waals surface area contributed by atoms with E-state index in [2.05, 4.69) is 38.3 Å². The van der Waals surface area contributed by atoms with Crippen molar-refractivity contribution in [1.82, 2.24) is 10.6 Å². The van der Waals surface area contributed by atoms with Crippen molar-refractivity contribution < 1.29 is 4.79 Å². The van der Waals surface area contributed by atoms with Crippen molar-refractivity contribution in [3.05, 3.63) is 0 Å². The summed E-state index contributed by atoms with van der Waals surface area (Å²) in [6.45, 7) is 11.1. The normalized spacial score (nSPS) is 14.7. The number of carbonyl (C=O) groups excluding carboxylic acids is 1. The van der Waals surface area contributed by atoms with Crippen LogP contribution in [0.15, 0.2) is 0 Å². The Hall–Kier alpha value is -0.570. The van der Waals surface area contributed by atoms with Gasteiger partial charge in [0.15, 0.2) is 0 Å². The predicted molar refractivity (Wildman–Crippen MR) is 74.0 cm³/mol. The van der Waals surface area contributed by atoms with Gasteiger partial charge in [-0.3, -0.25) is 4.79 Å². The minimum atomic E-state index is 0.105. The Morgan fingerprint density at radius 1 is 1.12 bits per heavy atom. The summed E-state index contributed by atoms with van der Waals surface area (Å²) in [7, 11) is 0. The Morgan fingerprint density at radius 3 is 2.29 bits per heavy atom. The maximum atomic E-state index is 11.6. The van der Waals surface area contributed by atoms with Crippen molar-refractivity contribution in [3.63, 3.8) is 0 Å². The molecule has 2 atom stereocenters. The van der Waals surface area contributed by atoms with Gasteiger partial charge < -0.3 is 10.6 Å². The minimum absolute atomic E-state index is 0.105. The Morgan fingerprint density at radius 2 is 1.76 bits per heavy atom. The van der Waals surface area contributed by atoms with Gasteiger partial charge in [-0.05, 0) is 26.2 Å². The number of carbonyl (C=O) groups is 1. The number of hydrogen-bond donors (Lipinski definition) is 2. The van der Waals surface area contributed by atoms with Crippen LogP contribution >= 0.6 is 0 Å². The van der Waals surface area contributed by atoms with Gasteiger partial charge >= 0.3 is 0 Å². The molecule has 0 aliphatic heterocycles. The molecular formula is C14H30N2O. The quantitative estimate of drug-likeness (QED) is 0.610. The van der Waals surface area contributed by atoms with E-state index in [9.17, 15) is 4.79 Å². The van der Waals surface area contributed by atoms with Crippen LogP contribution in [0.4, 0.5) is 0 Å². The Kier molecular flexibility index (Phi) is 9.14. The number of amides is 1. The molecule has 2 unspecified atom stereocenters. The zero-order valence-corrected chi connectivity index (χ0v) is 12.2. The van der Waals surface area contributed by atoms with E-state index < -0.39 is 0 Å². The highest BCUT2D eigenvalue weighted by Gasteiger charge is 2.11. The maximum Gasteiger partial charge on any atom is 0.234 e. The maximum absolute atomic E-state index is 11.6.